The lowest BCUT2D eigenvalue weighted by Crippen LogP contribution is -2.39. The molecule has 9 heteroatoms. The Balaban J connectivity index is 1.72. The number of carbonyl (C=O) groups is 1. The lowest BCUT2D eigenvalue weighted by atomic mass is 9.95. The number of carbonyl (C=O) groups excluding carboxylic acids is 1. The van der Waals surface area contributed by atoms with E-state index in [0.717, 1.165) is 5.56 Å². The molecule has 168 valence electrons. The van der Waals surface area contributed by atoms with Gasteiger partial charge in [0.05, 0.1) is 28.5 Å². The van der Waals surface area contributed by atoms with Gasteiger partial charge in [-0.05, 0) is 55.3 Å². The number of hydrogen-bond acceptors (Lipinski definition) is 8. The molecule has 0 amide bonds. The minimum Gasteiger partial charge on any atom is -0.508 e. The van der Waals surface area contributed by atoms with Crippen molar-refractivity contribution in [2.24, 2.45) is 4.99 Å². The summed E-state index contributed by atoms with van der Waals surface area (Å²) in [5.74, 6) is 0.786. The van der Waals surface area contributed by atoms with Crippen LogP contribution in [-0.2, 0) is 9.53 Å². The van der Waals surface area contributed by atoms with Crippen LogP contribution >= 0.6 is 11.3 Å². The van der Waals surface area contributed by atoms with Crippen LogP contribution in [0.25, 0.3) is 6.08 Å². The second-order valence-corrected chi connectivity index (χ2v) is 8.52. The Morgan fingerprint density at radius 1 is 1.24 bits per heavy atom. The number of nitrogens with zero attached hydrogens (tertiary/aromatic N) is 2. The van der Waals surface area contributed by atoms with Crippen molar-refractivity contribution < 1.29 is 24.1 Å². The number of aromatic hydroxyl groups is 1. The molecule has 3 heterocycles. The first-order valence-electron chi connectivity index (χ1n) is 10.3. The summed E-state index contributed by atoms with van der Waals surface area (Å²) in [5.41, 5.74) is 1.98. The predicted molar refractivity (Wildman–Crippen MR) is 121 cm³/mol. The van der Waals surface area contributed by atoms with Gasteiger partial charge >= 0.3 is 5.97 Å². The Labute approximate surface area is 192 Å². The third-order valence-corrected chi connectivity index (χ3v) is 6.40. The number of rotatable bonds is 4. The van der Waals surface area contributed by atoms with E-state index in [1.54, 1.807) is 56.3 Å². The minimum absolute atomic E-state index is 0.119. The molecule has 1 unspecified atom stereocenters. The van der Waals surface area contributed by atoms with Crippen LogP contribution in [0.5, 0.6) is 17.2 Å². The van der Waals surface area contributed by atoms with E-state index in [2.05, 4.69) is 4.99 Å². The molecular weight excluding hydrogens is 444 g/mol. The molecule has 1 atom stereocenters. The number of hydrogen-bond donors (Lipinski definition) is 1. The quantitative estimate of drug-likeness (QED) is 0.595. The lowest BCUT2D eigenvalue weighted by Gasteiger charge is -2.24. The summed E-state index contributed by atoms with van der Waals surface area (Å²) in [6.45, 7) is 3.79. The second kappa shape index (κ2) is 8.25. The van der Waals surface area contributed by atoms with Crippen molar-refractivity contribution >= 4 is 23.4 Å². The number of benzene rings is 2. The van der Waals surface area contributed by atoms with E-state index in [1.807, 2.05) is 6.07 Å². The average Bonchev–Trinajstić information content (AvgIpc) is 3.38. The maximum Gasteiger partial charge on any atom is 0.338 e. The van der Waals surface area contributed by atoms with Crippen molar-refractivity contribution in [1.29, 1.82) is 0 Å². The van der Waals surface area contributed by atoms with Crippen LogP contribution in [0.1, 0.15) is 31.0 Å². The highest BCUT2D eigenvalue weighted by Crippen LogP contribution is 2.38. The molecule has 1 aromatic heterocycles. The zero-order chi connectivity index (χ0) is 23.1. The predicted octanol–water partition coefficient (Wildman–Crippen LogP) is 2.23. The van der Waals surface area contributed by atoms with E-state index in [1.165, 1.54) is 15.9 Å². The Morgan fingerprint density at radius 2 is 2.00 bits per heavy atom. The molecule has 0 aliphatic carbocycles. The lowest BCUT2D eigenvalue weighted by molar-refractivity contribution is -0.139. The maximum atomic E-state index is 13.5. The van der Waals surface area contributed by atoms with E-state index in [9.17, 15) is 14.7 Å². The van der Waals surface area contributed by atoms with E-state index in [4.69, 9.17) is 14.2 Å². The van der Waals surface area contributed by atoms with Gasteiger partial charge in [-0.3, -0.25) is 9.36 Å². The molecule has 2 aliphatic heterocycles. The average molecular weight is 464 g/mol. The molecule has 0 radical (unpaired) electrons. The van der Waals surface area contributed by atoms with Crippen LogP contribution in [0.3, 0.4) is 0 Å². The molecular formula is C24H20N2O6S. The van der Waals surface area contributed by atoms with Gasteiger partial charge in [-0.2, -0.15) is 0 Å². The highest BCUT2D eigenvalue weighted by molar-refractivity contribution is 7.07. The Kier molecular flexibility index (Phi) is 5.26. The van der Waals surface area contributed by atoms with Gasteiger partial charge in [0.25, 0.3) is 5.56 Å². The topological polar surface area (TPSA) is 99.4 Å². The van der Waals surface area contributed by atoms with E-state index >= 15 is 0 Å². The molecule has 0 fully saturated rings. The first-order valence-corrected chi connectivity index (χ1v) is 11.2. The molecule has 5 rings (SSSR count). The Bertz CT molecular complexity index is 1470. The van der Waals surface area contributed by atoms with Crippen LogP contribution in [0, 0.1) is 0 Å². The minimum atomic E-state index is -0.725. The summed E-state index contributed by atoms with van der Waals surface area (Å²) in [7, 11) is 0. The molecule has 33 heavy (non-hydrogen) atoms. The fraction of sp³-hybridized carbons (Fsp3) is 0.208. The smallest absolute Gasteiger partial charge is 0.338 e. The van der Waals surface area contributed by atoms with Crippen LogP contribution in [0.2, 0.25) is 0 Å². The van der Waals surface area contributed by atoms with E-state index in [-0.39, 0.29) is 24.7 Å². The van der Waals surface area contributed by atoms with Gasteiger partial charge in [0, 0.05) is 0 Å². The molecule has 2 aliphatic rings. The van der Waals surface area contributed by atoms with Crippen molar-refractivity contribution in [1.82, 2.24) is 4.57 Å². The van der Waals surface area contributed by atoms with Crippen molar-refractivity contribution in [3.05, 3.63) is 84.5 Å². The summed E-state index contributed by atoms with van der Waals surface area (Å²) < 4.78 is 18.2. The summed E-state index contributed by atoms with van der Waals surface area (Å²) >= 11 is 1.24. The highest BCUT2D eigenvalue weighted by Gasteiger charge is 2.34. The fourth-order valence-electron chi connectivity index (χ4n) is 3.91. The number of aromatic nitrogens is 1. The van der Waals surface area contributed by atoms with E-state index < -0.39 is 12.0 Å². The van der Waals surface area contributed by atoms with Crippen LogP contribution < -0.4 is 24.4 Å². The largest absolute Gasteiger partial charge is 0.508 e. The van der Waals surface area contributed by atoms with Crippen molar-refractivity contribution in [2.75, 3.05) is 13.4 Å². The normalized spacial score (nSPS) is 17.0. The van der Waals surface area contributed by atoms with Gasteiger partial charge in [-0.25, -0.2) is 9.79 Å². The molecule has 0 saturated heterocycles. The fourth-order valence-corrected chi connectivity index (χ4v) is 4.96. The van der Waals surface area contributed by atoms with Gasteiger partial charge in [-0.15, -0.1) is 0 Å². The van der Waals surface area contributed by atoms with Gasteiger partial charge < -0.3 is 19.3 Å². The first-order chi connectivity index (χ1) is 16.0. The molecule has 1 N–H and O–H groups in total. The molecule has 0 spiro atoms. The molecule has 0 saturated carbocycles. The number of phenols is 1. The number of ether oxygens (including phenoxy) is 3. The zero-order valence-corrected chi connectivity index (χ0v) is 18.7. The molecule has 0 bridgehead atoms. The third-order valence-electron chi connectivity index (χ3n) is 5.42. The van der Waals surface area contributed by atoms with Gasteiger partial charge in [0.15, 0.2) is 16.3 Å². The number of esters is 1. The van der Waals surface area contributed by atoms with Gasteiger partial charge in [0.1, 0.15) is 5.75 Å². The van der Waals surface area contributed by atoms with Crippen LogP contribution in [-0.4, -0.2) is 29.0 Å². The second-order valence-electron chi connectivity index (χ2n) is 7.51. The van der Waals surface area contributed by atoms with Gasteiger partial charge in [-0.1, -0.05) is 29.5 Å². The summed E-state index contributed by atoms with van der Waals surface area (Å²) in [6, 6.07) is 11.2. The number of fused-ring (bicyclic) bond motifs is 2. The number of thiazole rings is 1. The molecule has 8 nitrogen and oxygen atoms in total. The van der Waals surface area contributed by atoms with Crippen LogP contribution in [0.15, 0.2) is 63.5 Å². The monoisotopic (exact) mass is 464 g/mol. The summed E-state index contributed by atoms with van der Waals surface area (Å²) in [4.78, 5) is 31.5. The standard InChI is InChI=1S/C24H20N2O6S/c1-3-30-23(29)20-13(2)25-24-26(21(20)15-6-9-17-18(11-15)32-12-31-17)22(28)19(33-24)10-14-4-7-16(27)8-5-14/h4-11,21,27H,3,12H2,1-2H3/b19-10+. The molecule has 2 aromatic carbocycles. The zero-order valence-electron chi connectivity index (χ0n) is 17.9. The molecule has 3 aromatic rings. The maximum absolute atomic E-state index is 13.5. The highest BCUT2D eigenvalue weighted by atomic mass is 32.1. The number of phenolic OH excluding ortho intramolecular Hbond substituents is 1. The van der Waals surface area contributed by atoms with Gasteiger partial charge in [0.2, 0.25) is 6.79 Å². The first kappa shape index (κ1) is 21.0. The van der Waals surface area contributed by atoms with Crippen molar-refractivity contribution in [2.45, 2.75) is 19.9 Å². The Hall–Kier alpha value is -3.85. The van der Waals surface area contributed by atoms with E-state index in [0.29, 0.717) is 37.7 Å². The summed E-state index contributed by atoms with van der Waals surface area (Å²) in [6.07, 6.45) is 1.74. The van der Waals surface area contributed by atoms with Crippen molar-refractivity contribution in [3.63, 3.8) is 0 Å². The Morgan fingerprint density at radius 3 is 2.76 bits per heavy atom. The third kappa shape index (κ3) is 3.70. The SMILES string of the molecule is CCOC(=O)C1=C(C)N=c2s/c(=C/c3ccc(O)cc3)c(=O)n2C1c1ccc2c(c1)OCO2. The summed E-state index contributed by atoms with van der Waals surface area (Å²) in [5, 5.41) is 9.53. The van der Waals surface area contributed by atoms with Crippen molar-refractivity contribution in [3.8, 4) is 17.2 Å². The van der Waals surface area contributed by atoms with Crippen LogP contribution in [0.4, 0.5) is 0 Å². The number of allylic oxidation sites excluding steroid dienone is 1.